The van der Waals surface area contributed by atoms with E-state index in [2.05, 4.69) is 4.98 Å². The SMILES string of the molecule is FC1CCN(c2ccccn2)C1. The van der Waals surface area contributed by atoms with Gasteiger partial charge in [0.05, 0.1) is 6.54 Å². The molecule has 0 saturated carbocycles. The summed E-state index contributed by atoms with van der Waals surface area (Å²) in [6.07, 6.45) is 1.70. The van der Waals surface area contributed by atoms with Crippen molar-refractivity contribution in [3.8, 4) is 0 Å². The van der Waals surface area contributed by atoms with E-state index >= 15 is 0 Å². The van der Waals surface area contributed by atoms with Gasteiger partial charge in [-0.15, -0.1) is 0 Å². The summed E-state index contributed by atoms with van der Waals surface area (Å²) in [5.41, 5.74) is 0. The molecule has 2 nitrogen and oxygen atoms in total. The van der Waals surface area contributed by atoms with Gasteiger partial charge in [-0.2, -0.15) is 0 Å². The van der Waals surface area contributed by atoms with Gasteiger partial charge in [-0.05, 0) is 18.6 Å². The van der Waals surface area contributed by atoms with Crippen LogP contribution in [0.5, 0.6) is 0 Å². The minimum atomic E-state index is -0.674. The standard InChI is InChI=1S/C9H11FN2/c10-8-4-6-12(7-8)9-3-1-2-5-11-9/h1-3,5,8H,4,6-7H2. The Bertz CT molecular complexity index is 250. The van der Waals surface area contributed by atoms with Crippen molar-refractivity contribution in [3.05, 3.63) is 24.4 Å². The Morgan fingerprint density at radius 1 is 1.50 bits per heavy atom. The second-order valence-corrected chi connectivity index (χ2v) is 3.02. The van der Waals surface area contributed by atoms with E-state index in [-0.39, 0.29) is 0 Å². The van der Waals surface area contributed by atoms with Gasteiger partial charge in [0.2, 0.25) is 0 Å². The Morgan fingerprint density at radius 3 is 3.00 bits per heavy atom. The van der Waals surface area contributed by atoms with Crippen LogP contribution in [-0.2, 0) is 0 Å². The molecule has 1 aliphatic rings. The predicted molar refractivity (Wildman–Crippen MR) is 46.0 cm³/mol. The van der Waals surface area contributed by atoms with Crippen molar-refractivity contribution in [2.24, 2.45) is 0 Å². The molecular weight excluding hydrogens is 155 g/mol. The minimum Gasteiger partial charge on any atom is -0.354 e. The van der Waals surface area contributed by atoms with Gasteiger partial charge in [0, 0.05) is 12.7 Å². The van der Waals surface area contributed by atoms with Crippen molar-refractivity contribution in [3.63, 3.8) is 0 Å². The van der Waals surface area contributed by atoms with E-state index in [0.717, 1.165) is 12.4 Å². The Balaban J connectivity index is 2.11. The first kappa shape index (κ1) is 7.53. The lowest BCUT2D eigenvalue weighted by atomic mass is 10.3. The Labute approximate surface area is 71.0 Å². The number of nitrogens with zero attached hydrogens (tertiary/aromatic N) is 2. The van der Waals surface area contributed by atoms with Gasteiger partial charge in [0.15, 0.2) is 0 Å². The summed E-state index contributed by atoms with van der Waals surface area (Å²) in [4.78, 5) is 6.13. The lowest BCUT2D eigenvalue weighted by Gasteiger charge is -2.15. The first-order valence-corrected chi connectivity index (χ1v) is 4.16. The van der Waals surface area contributed by atoms with Crippen molar-refractivity contribution < 1.29 is 4.39 Å². The highest BCUT2D eigenvalue weighted by molar-refractivity contribution is 5.39. The summed E-state index contributed by atoms with van der Waals surface area (Å²) in [5, 5.41) is 0. The zero-order valence-corrected chi connectivity index (χ0v) is 6.78. The molecule has 1 saturated heterocycles. The summed E-state index contributed by atoms with van der Waals surface area (Å²) < 4.78 is 12.8. The van der Waals surface area contributed by atoms with Gasteiger partial charge < -0.3 is 4.90 Å². The number of hydrogen-bond donors (Lipinski definition) is 0. The quantitative estimate of drug-likeness (QED) is 0.630. The number of anilines is 1. The highest BCUT2D eigenvalue weighted by Crippen LogP contribution is 2.18. The fourth-order valence-electron chi connectivity index (χ4n) is 1.47. The molecule has 3 heteroatoms. The maximum atomic E-state index is 12.8. The summed E-state index contributed by atoms with van der Waals surface area (Å²) in [6.45, 7) is 1.29. The fraction of sp³-hybridized carbons (Fsp3) is 0.444. The van der Waals surface area contributed by atoms with Crippen LogP contribution in [0.4, 0.5) is 10.2 Å². The lowest BCUT2D eigenvalue weighted by Crippen LogP contribution is -2.20. The zero-order chi connectivity index (χ0) is 8.39. The van der Waals surface area contributed by atoms with E-state index in [4.69, 9.17) is 0 Å². The van der Waals surface area contributed by atoms with Crippen LogP contribution < -0.4 is 4.90 Å². The monoisotopic (exact) mass is 166 g/mol. The molecule has 0 radical (unpaired) electrons. The third kappa shape index (κ3) is 1.40. The van der Waals surface area contributed by atoms with Gasteiger partial charge in [0.25, 0.3) is 0 Å². The van der Waals surface area contributed by atoms with Gasteiger partial charge >= 0.3 is 0 Å². The van der Waals surface area contributed by atoms with Crippen LogP contribution in [-0.4, -0.2) is 24.2 Å². The molecule has 0 spiro atoms. The molecular formula is C9H11FN2. The van der Waals surface area contributed by atoms with Crippen LogP contribution in [0.25, 0.3) is 0 Å². The first-order chi connectivity index (χ1) is 5.86. The van der Waals surface area contributed by atoms with Crippen molar-refractivity contribution in [1.29, 1.82) is 0 Å². The lowest BCUT2D eigenvalue weighted by molar-refractivity contribution is 0.364. The average molecular weight is 166 g/mol. The maximum Gasteiger partial charge on any atom is 0.128 e. The first-order valence-electron chi connectivity index (χ1n) is 4.16. The molecule has 64 valence electrons. The van der Waals surface area contributed by atoms with Crippen LogP contribution in [0.1, 0.15) is 6.42 Å². The third-order valence-electron chi connectivity index (χ3n) is 2.10. The van der Waals surface area contributed by atoms with Crippen LogP contribution in [0.2, 0.25) is 0 Å². The molecule has 1 aromatic heterocycles. The molecule has 1 aliphatic heterocycles. The number of halogens is 1. The average Bonchev–Trinajstić information content (AvgIpc) is 2.54. The van der Waals surface area contributed by atoms with E-state index in [9.17, 15) is 4.39 Å². The fourth-order valence-corrected chi connectivity index (χ4v) is 1.47. The predicted octanol–water partition coefficient (Wildman–Crippen LogP) is 1.63. The van der Waals surface area contributed by atoms with E-state index in [0.29, 0.717) is 13.0 Å². The Morgan fingerprint density at radius 2 is 2.42 bits per heavy atom. The number of rotatable bonds is 1. The largest absolute Gasteiger partial charge is 0.354 e. The molecule has 0 aliphatic carbocycles. The van der Waals surface area contributed by atoms with Crippen LogP contribution in [0.3, 0.4) is 0 Å². The van der Waals surface area contributed by atoms with Crippen molar-refractivity contribution in [1.82, 2.24) is 4.98 Å². The summed E-state index contributed by atoms with van der Waals surface area (Å²) in [6, 6.07) is 5.71. The highest BCUT2D eigenvalue weighted by atomic mass is 19.1. The van der Waals surface area contributed by atoms with E-state index < -0.39 is 6.17 Å². The number of pyridine rings is 1. The summed E-state index contributed by atoms with van der Waals surface area (Å²) in [5.74, 6) is 0.887. The third-order valence-corrected chi connectivity index (χ3v) is 2.10. The molecule has 12 heavy (non-hydrogen) atoms. The van der Waals surface area contributed by atoms with Crippen LogP contribution >= 0.6 is 0 Å². The van der Waals surface area contributed by atoms with E-state index in [1.165, 1.54) is 0 Å². The molecule has 2 heterocycles. The molecule has 1 aromatic rings. The molecule has 0 bridgehead atoms. The van der Waals surface area contributed by atoms with E-state index in [1.807, 2.05) is 23.1 Å². The van der Waals surface area contributed by atoms with Crippen LogP contribution in [0, 0.1) is 0 Å². The number of hydrogen-bond acceptors (Lipinski definition) is 2. The Hall–Kier alpha value is -1.12. The molecule has 1 unspecified atom stereocenters. The van der Waals surface area contributed by atoms with E-state index in [1.54, 1.807) is 6.20 Å². The van der Waals surface area contributed by atoms with Crippen molar-refractivity contribution in [2.75, 3.05) is 18.0 Å². The molecule has 2 rings (SSSR count). The second-order valence-electron chi connectivity index (χ2n) is 3.02. The normalized spacial score (nSPS) is 23.1. The van der Waals surface area contributed by atoms with Gasteiger partial charge in [-0.1, -0.05) is 6.07 Å². The van der Waals surface area contributed by atoms with Crippen molar-refractivity contribution in [2.45, 2.75) is 12.6 Å². The zero-order valence-electron chi connectivity index (χ0n) is 6.78. The minimum absolute atomic E-state index is 0.497. The topological polar surface area (TPSA) is 16.1 Å². The van der Waals surface area contributed by atoms with Crippen LogP contribution in [0.15, 0.2) is 24.4 Å². The Kier molecular flexibility index (Phi) is 1.94. The van der Waals surface area contributed by atoms with Gasteiger partial charge in [-0.25, -0.2) is 9.37 Å². The summed E-state index contributed by atoms with van der Waals surface area (Å²) >= 11 is 0. The highest BCUT2D eigenvalue weighted by Gasteiger charge is 2.22. The molecule has 1 fully saturated rings. The van der Waals surface area contributed by atoms with Gasteiger partial charge in [0.1, 0.15) is 12.0 Å². The smallest absolute Gasteiger partial charge is 0.128 e. The number of alkyl halides is 1. The molecule has 0 amide bonds. The maximum absolute atomic E-state index is 12.8. The molecule has 1 atom stereocenters. The van der Waals surface area contributed by atoms with Gasteiger partial charge in [-0.3, -0.25) is 0 Å². The molecule has 0 N–H and O–H groups in total. The second kappa shape index (κ2) is 3.09. The number of aromatic nitrogens is 1. The van der Waals surface area contributed by atoms with Crippen molar-refractivity contribution >= 4 is 5.82 Å². The molecule has 0 aromatic carbocycles. The summed E-state index contributed by atoms with van der Waals surface area (Å²) in [7, 11) is 0.